The van der Waals surface area contributed by atoms with Crippen molar-refractivity contribution in [2.75, 3.05) is 0 Å². The van der Waals surface area contributed by atoms with Gasteiger partial charge in [-0.05, 0) is 18.4 Å². The Bertz CT molecular complexity index is 151. The van der Waals surface area contributed by atoms with Gasteiger partial charge in [0.15, 0.2) is 0 Å². The highest BCUT2D eigenvalue weighted by atomic mass is 14.2. The van der Waals surface area contributed by atoms with Crippen LogP contribution in [0, 0.1) is 5.92 Å². The number of rotatable bonds is 2. The molecule has 0 N–H and O–H groups in total. The van der Waals surface area contributed by atoms with E-state index in [-0.39, 0.29) is 0 Å². The highest BCUT2D eigenvalue weighted by Gasteiger charge is 2.11. The molecule has 9 heavy (non-hydrogen) atoms. The topological polar surface area (TPSA) is 0 Å². The van der Waals surface area contributed by atoms with Gasteiger partial charge in [-0.15, -0.1) is 6.58 Å². The van der Waals surface area contributed by atoms with E-state index in [1.54, 1.807) is 0 Å². The Balaban J connectivity index is 2.67. The second-order valence-electron chi connectivity index (χ2n) is 2.33. The maximum atomic E-state index is 3.75. The zero-order valence-corrected chi connectivity index (χ0v) is 5.64. The predicted octanol–water partition coefficient (Wildman–Crippen LogP) is 2.69. The summed E-state index contributed by atoms with van der Waals surface area (Å²) in [6, 6.07) is 0. The van der Waals surface area contributed by atoms with Crippen molar-refractivity contribution in [3.8, 4) is 0 Å². The van der Waals surface area contributed by atoms with E-state index in [9.17, 15) is 0 Å². The minimum atomic E-state index is 0.586. The van der Waals surface area contributed by atoms with Gasteiger partial charge in [0.05, 0.1) is 0 Å². The van der Waals surface area contributed by atoms with Crippen molar-refractivity contribution in [2.24, 2.45) is 5.92 Å². The maximum Gasteiger partial charge on any atom is 0.00148 e. The summed E-state index contributed by atoms with van der Waals surface area (Å²) in [5, 5.41) is 0. The molecule has 0 saturated carbocycles. The molecule has 1 rings (SSSR count). The first-order valence-electron chi connectivity index (χ1n) is 3.33. The largest absolute Gasteiger partial charge is 0.102 e. The van der Waals surface area contributed by atoms with Crippen molar-refractivity contribution in [1.82, 2.24) is 0 Å². The fourth-order valence-electron chi connectivity index (χ4n) is 1.24. The molecule has 0 nitrogen and oxygen atoms in total. The smallest absolute Gasteiger partial charge is 0.00148 e. The Hall–Kier alpha value is -0.780. The van der Waals surface area contributed by atoms with Gasteiger partial charge in [0, 0.05) is 5.92 Å². The van der Waals surface area contributed by atoms with Crippen LogP contribution in [0.1, 0.15) is 12.8 Å². The summed E-state index contributed by atoms with van der Waals surface area (Å²) in [6.45, 7) is 7.48. The second-order valence-corrected chi connectivity index (χ2v) is 2.33. The van der Waals surface area contributed by atoms with E-state index in [4.69, 9.17) is 0 Å². The SMILES string of the molecule is C=CC1=CCCC1C=C. The molecule has 0 saturated heterocycles. The fourth-order valence-corrected chi connectivity index (χ4v) is 1.24. The normalized spacial score (nSPS) is 25.3. The molecule has 0 aromatic rings. The summed E-state index contributed by atoms with van der Waals surface area (Å²) in [7, 11) is 0. The summed E-state index contributed by atoms with van der Waals surface area (Å²) in [4.78, 5) is 0. The van der Waals surface area contributed by atoms with E-state index < -0.39 is 0 Å². The van der Waals surface area contributed by atoms with Crippen LogP contribution in [0.5, 0.6) is 0 Å². The lowest BCUT2D eigenvalue weighted by Gasteiger charge is -2.02. The van der Waals surface area contributed by atoms with Gasteiger partial charge in [0.2, 0.25) is 0 Å². The molecule has 1 aliphatic rings. The third kappa shape index (κ3) is 1.13. The van der Waals surface area contributed by atoms with Crippen molar-refractivity contribution in [2.45, 2.75) is 12.8 Å². The summed E-state index contributed by atoms with van der Waals surface area (Å²) in [6.07, 6.45) is 8.59. The van der Waals surface area contributed by atoms with E-state index >= 15 is 0 Å². The average molecular weight is 120 g/mol. The quantitative estimate of drug-likeness (QED) is 0.491. The molecule has 0 aromatic heterocycles. The Kier molecular flexibility index (Phi) is 1.88. The lowest BCUT2D eigenvalue weighted by molar-refractivity contribution is 0.755. The monoisotopic (exact) mass is 120 g/mol. The van der Waals surface area contributed by atoms with Gasteiger partial charge in [-0.3, -0.25) is 0 Å². The molecule has 0 amide bonds. The molecule has 0 bridgehead atoms. The second kappa shape index (κ2) is 2.67. The van der Waals surface area contributed by atoms with E-state index in [2.05, 4.69) is 19.2 Å². The van der Waals surface area contributed by atoms with Gasteiger partial charge >= 0.3 is 0 Å². The Morgan fingerprint density at radius 2 is 2.33 bits per heavy atom. The zero-order valence-electron chi connectivity index (χ0n) is 5.64. The molecule has 1 atom stereocenters. The van der Waals surface area contributed by atoms with Crippen LogP contribution in [-0.2, 0) is 0 Å². The fraction of sp³-hybridized carbons (Fsp3) is 0.333. The molecule has 48 valence electrons. The zero-order chi connectivity index (χ0) is 6.69. The molecular formula is C9H12. The van der Waals surface area contributed by atoms with Crippen LogP contribution in [0.3, 0.4) is 0 Å². The van der Waals surface area contributed by atoms with Crippen molar-refractivity contribution in [1.29, 1.82) is 0 Å². The Morgan fingerprint density at radius 1 is 1.56 bits per heavy atom. The molecule has 0 aliphatic heterocycles. The minimum Gasteiger partial charge on any atom is -0.102 e. The van der Waals surface area contributed by atoms with Crippen LogP contribution in [0.4, 0.5) is 0 Å². The first kappa shape index (κ1) is 6.34. The van der Waals surface area contributed by atoms with Crippen LogP contribution in [0.15, 0.2) is 37.0 Å². The Labute approximate surface area is 56.6 Å². The highest BCUT2D eigenvalue weighted by molar-refractivity contribution is 5.26. The van der Waals surface area contributed by atoms with Gasteiger partial charge in [-0.1, -0.05) is 24.8 Å². The maximum absolute atomic E-state index is 3.75. The molecule has 0 heterocycles. The van der Waals surface area contributed by atoms with Gasteiger partial charge in [-0.2, -0.15) is 0 Å². The molecular weight excluding hydrogens is 108 g/mol. The first-order valence-corrected chi connectivity index (χ1v) is 3.33. The van der Waals surface area contributed by atoms with Crippen LogP contribution in [0.25, 0.3) is 0 Å². The summed E-state index contributed by atoms with van der Waals surface area (Å²) in [5.74, 6) is 0.586. The van der Waals surface area contributed by atoms with E-state index in [0.29, 0.717) is 5.92 Å². The van der Waals surface area contributed by atoms with E-state index in [1.165, 1.54) is 18.4 Å². The average Bonchev–Trinajstić information content (AvgIpc) is 2.33. The van der Waals surface area contributed by atoms with E-state index in [1.807, 2.05) is 12.2 Å². The Morgan fingerprint density at radius 3 is 2.78 bits per heavy atom. The number of hydrogen-bond acceptors (Lipinski definition) is 0. The molecule has 0 fully saturated rings. The summed E-state index contributed by atoms with van der Waals surface area (Å²) < 4.78 is 0. The third-order valence-corrected chi connectivity index (χ3v) is 1.81. The number of allylic oxidation sites excluding steroid dienone is 4. The molecule has 0 radical (unpaired) electrons. The molecule has 0 heteroatoms. The molecule has 1 unspecified atom stereocenters. The minimum absolute atomic E-state index is 0.586. The summed E-state index contributed by atoms with van der Waals surface area (Å²) >= 11 is 0. The van der Waals surface area contributed by atoms with E-state index in [0.717, 1.165) is 0 Å². The summed E-state index contributed by atoms with van der Waals surface area (Å²) in [5.41, 5.74) is 1.35. The number of hydrogen-bond donors (Lipinski definition) is 0. The van der Waals surface area contributed by atoms with Gasteiger partial charge in [0.25, 0.3) is 0 Å². The van der Waals surface area contributed by atoms with Gasteiger partial charge in [0.1, 0.15) is 0 Å². The predicted molar refractivity (Wildman–Crippen MR) is 41.2 cm³/mol. The standard InChI is InChI=1S/C9H12/c1-3-8-6-5-7-9(8)4-2/h3-4,6,9H,1-2,5,7H2. The van der Waals surface area contributed by atoms with Crippen LogP contribution in [0.2, 0.25) is 0 Å². The molecule has 1 aliphatic carbocycles. The van der Waals surface area contributed by atoms with Crippen molar-refractivity contribution >= 4 is 0 Å². The molecule has 0 aromatic carbocycles. The highest BCUT2D eigenvalue weighted by Crippen LogP contribution is 2.26. The van der Waals surface area contributed by atoms with Crippen LogP contribution in [-0.4, -0.2) is 0 Å². The van der Waals surface area contributed by atoms with Crippen molar-refractivity contribution in [3.05, 3.63) is 37.0 Å². The first-order chi connectivity index (χ1) is 4.38. The van der Waals surface area contributed by atoms with Gasteiger partial charge < -0.3 is 0 Å². The lowest BCUT2D eigenvalue weighted by atomic mass is 10.0. The van der Waals surface area contributed by atoms with Gasteiger partial charge in [-0.25, -0.2) is 0 Å². The third-order valence-electron chi connectivity index (χ3n) is 1.81. The van der Waals surface area contributed by atoms with Crippen molar-refractivity contribution in [3.63, 3.8) is 0 Å². The lowest BCUT2D eigenvalue weighted by Crippen LogP contribution is -1.89. The van der Waals surface area contributed by atoms with Crippen LogP contribution >= 0.6 is 0 Å². The van der Waals surface area contributed by atoms with Crippen molar-refractivity contribution < 1.29 is 0 Å². The van der Waals surface area contributed by atoms with Crippen LogP contribution < -0.4 is 0 Å². The molecule has 0 spiro atoms.